The standard InChI is InChI=1S/C11H12FN3O5/c12-11-7(2-1-3-8(11)15(19)20)4-14(5-9(13)16)6-10(17)18/h1-3H,4-6H2,(H2,13,16)(H,17,18). The molecule has 1 aromatic rings. The highest BCUT2D eigenvalue weighted by atomic mass is 19.1. The number of hydrogen-bond donors (Lipinski definition) is 2. The molecule has 0 aliphatic carbocycles. The molecule has 0 radical (unpaired) electrons. The van der Waals surface area contributed by atoms with Gasteiger partial charge in [0.1, 0.15) is 0 Å². The van der Waals surface area contributed by atoms with Crippen LogP contribution in [0, 0.1) is 15.9 Å². The summed E-state index contributed by atoms with van der Waals surface area (Å²) in [6, 6.07) is 3.55. The van der Waals surface area contributed by atoms with Gasteiger partial charge < -0.3 is 10.8 Å². The number of benzene rings is 1. The van der Waals surface area contributed by atoms with Crippen molar-refractivity contribution < 1.29 is 24.0 Å². The maximum absolute atomic E-state index is 13.8. The first-order valence-electron chi connectivity index (χ1n) is 5.45. The number of aliphatic carboxylic acids is 1. The second-order valence-electron chi connectivity index (χ2n) is 4.01. The van der Waals surface area contributed by atoms with Crippen LogP contribution in [-0.4, -0.2) is 39.9 Å². The smallest absolute Gasteiger partial charge is 0.317 e. The van der Waals surface area contributed by atoms with E-state index in [2.05, 4.69) is 0 Å². The zero-order valence-electron chi connectivity index (χ0n) is 10.3. The van der Waals surface area contributed by atoms with Crippen LogP contribution in [0.15, 0.2) is 18.2 Å². The van der Waals surface area contributed by atoms with E-state index in [1.165, 1.54) is 12.1 Å². The van der Waals surface area contributed by atoms with Gasteiger partial charge in [-0.3, -0.25) is 24.6 Å². The molecule has 0 spiro atoms. The largest absolute Gasteiger partial charge is 0.480 e. The Balaban J connectivity index is 2.98. The first-order chi connectivity index (χ1) is 9.31. The number of nitro benzene ring substituents is 1. The number of nitro groups is 1. The Morgan fingerprint density at radius 3 is 2.55 bits per heavy atom. The third-order valence-corrected chi connectivity index (χ3v) is 2.39. The molecule has 20 heavy (non-hydrogen) atoms. The molecule has 0 aliphatic rings. The number of primary amides is 1. The van der Waals surface area contributed by atoms with Crippen molar-refractivity contribution in [3.63, 3.8) is 0 Å². The lowest BCUT2D eigenvalue weighted by molar-refractivity contribution is -0.387. The molecule has 0 unspecified atom stereocenters. The molecule has 1 aromatic carbocycles. The molecule has 0 bridgehead atoms. The average Bonchev–Trinajstić information content (AvgIpc) is 2.29. The van der Waals surface area contributed by atoms with Gasteiger partial charge in [-0.05, 0) is 0 Å². The summed E-state index contributed by atoms with van der Waals surface area (Å²) in [6.07, 6.45) is 0. The fourth-order valence-electron chi connectivity index (χ4n) is 1.65. The van der Waals surface area contributed by atoms with E-state index in [0.29, 0.717) is 0 Å². The third-order valence-electron chi connectivity index (χ3n) is 2.39. The van der Waals surface area contributed by atoms with Crippen LogP contribution >= 0.6 is 0 Å². The highest BCUT2D eigenvalue weighted by molar-refractivity contribution is 5.77. The number of rotatable bonds is 7. The lowest BCUT2D eigenvalue weighted by Crippen LogP contribution is -2.37. The van der Waals surface area contributed by atoms with Crippen LogP contribution in [-0.2, 0) is 16.1 Å². The first-order valence-corrected chi connectivity index (χ1v) is 5.45. The summed E-state index contributed by atoms with van der Waals surface area (Å²) in [5.74, 6) is -3.06. The zero-order valence-corrected chi connectivity index (χ0v) is 10.3. The number of carboxylic acid groups (broad SMARTS) is 1. The second-order valence-corrected chi connectivity index (χ2v) is 4.01. The number of carbonyl (C=O) groups is 2. The van der Waals surface area contributed by atoms with Crippen LogP contribution in [0.25, 0.3) is 0 Å². The van der Waals surface area contributed by atoms with Crippen LogP contribution in [0.3, 0.4) is 0 Å². The molecular weight excluding hydrogens is 273 g/mol. The van der Waals surface area contributed by atoms with Gasteiger partial charge in [0.25, 0.3) is 0 Å². The van der Waals surface area contributed by atoms with Crippen molar-refractivity contribution in [2.45, 2.75) is 6.54 Å². The molecule has 108 valence electrons. The van der Waals surface area contributed by atoms with Crippen LogP contribution in [0.1, 0.15) is 5.56 Å². The number of halogens is 1. The highest BCUT2D eigenvalue weighted by Gasteiger charge is 2.20. The molecule has 3 N–H and O–H groups in total. The van der Waals surface area contributed by atoms with E-state index in [9.17, 15) is 24.1 Å². The van der Waals surface area contributed by atoms with Gasteiger partial charge in [-0.15, -0.1) is 0 Å². The van der Waals surface area contributed by atoms with Gasteiger partial charge in [0, 0.05) is 18.2 Å². The molecule has 0 atom stereocenters. The van der Waals surface area contributed by atoms with E-state index >= 15 is 0 Å². The molecule has 0 heterocycles. The zero-order chi connectivity index (χ0) is 15.3. The topological polar surface area (TPSA) is 127 Å². The average molecular weight is 285 g/mol. The normalized spacial score (nSPS) is 10.5. The van der Waals surface area contributed by atoms with Crippen LogP contribution in [0.4, 0.5) is 10.1 Å². The van der Waals surface area contributed by atoms with E-state index in [1.807, 2.05) is 0 Å². The lowest BCUT2D eigenvalue weighted by atomic mass is 10.1. The molecule has 1 amide bonds. The Kier molecular flexibility index (Phi) is 5.09. The van der Waals surface area contributed by atoms with Crippen molar-refractivity contribution in [1.29, 1.82) is 0 Å². The molecule has 0 aliphatic heterocycles. The van der Waals surface area contributed by atoms with Gasteiger partial charge in [0.2, 0.25) is 11.7 Å². The maximum Gasteiger partial charge on any atom is 0.317 e. The summed E-state index contributed by atoms with van der Waals surface area (Å²) in [7, 11) is 0. The number of nitrogens with zero attached hydrogens (tertiary/aromatic N) is 2. The number of amides is 1. The van der Waals surface area contributed by atoms with Gasteiger partial charge in [0.05, 0.1) is 18.0 Å². The minimum Gasteiger partial charge on any atom is -0.480 e. The molecule has 0 saturated heterocycles. The monoisotopic (exact) mass is 285 g/mol. The van der Waals surface area contributed by atoms with Crippen molar-refractivity contribution in [3.8, 4) is 0 Å². The van der Waals surface area contributed by atoms with Crippen LogP contribution < -0.4 is 5.73 Å². The summed E-state index contributed by atoms with van der Waals surface area (Å²) in [5.41, 5.74) is 4.17. The summed E-state index contributed by atoms with van der Waals surface area (Å²) < 4.78 is 13.8. The van der Waals surface area contributed by atoms with Crippen molar-refractivity contribution in [3.05, 3.63) is 39.7 Å². The predicted octanol–water partition coefficient (Wildman–Crippen LogP) is 0.106. The minimum absolute atomic E-state index is 0.0818. The summed E-state index contributed by atoms with van der Waals surface area (Å²) in [6.45, 7) is -1.21. The Hall–Kier alpha value is -2.55. The number of carbonyl (C=O) groups excluding carboxylic acids is 1. The Labute approximate surface area is 112 Å². The maximum atomic E-state index is 13.8. The number of nitrogens with two attached hydrogens (primary N) is 1. The Morgan fingerprint density at radius 1 is 1.40 bits per heavy atom. The van der Waals surface area contributed by atoms with E-state index in [0.717, 1.165) is 11.0 Å². The number of carboxylic acids is 1. The SMILES string of the molecule is NC(=O)CN(CC(=O)O)Cc1cccc([N+](=O)[O-])c1F. The van der Waals surface area contributed by atoms with Gasteiger partial charge in [-0.1, -0.05) is 12.1 Å². The highest BCUT2D eigenvalue weighted by Crippen LogP contribution is 2.21. The summed E-state index contributed by atoms with van der Waals surface area (Å²) in [4.78, 5) is 32.3. The van der Waals surface area contributed by atoms with E-state index in [1.54, 1.807) is 0 Å². The summed E-state index contributed by atoms with van der Waals surface area (Å²) >= 11 is 0. The predicted molar refractivity (Wildman–Crippen MR) is 65.2 cm³/mol. The third kappa shape index (κ3) is 4.28. The van der Waals surface area contributed by atoms with Crippen molar-refractivity contribution >= 4 is 17.6 Å². The fraction of sp³-hybridized carbons (Fsp3) is 0.273. The van der Waals surface area contributed by atoms with Crippen molar-refractivity contribution in [2.24, 2.45) is 5.73 Å². The van der Waals surface area contributed by atoms with Crippen molar-refractivity contribution in [2.75, 3.05) is 13.1 Å². The molecule has 0 fully saturated rings. The molecule has 0 aromatic heterocycles. The summed E-state index contributed by atoms with van der Waals surface area (Å²) in [5, 5.41) is 19.3. The molecule has 8 nitrogen and oxygen atoms in total. The molecule has 9 heteroatoms. The van der Waals surface area contributed by atoms with E-state index in [-0.39, 0.29) is 12.1 Å². The minimum atomic E-state index is -1.22. The molecule has 1 rings (SSSR count). The Bertz CT molecular complexity index is 533. The first kappa shape index (κ1) is 15.5. The lowest BCUT2D eigenvalue weighted by Gasteiger charge is -2.18. The van der Waals surface area contributed by atoms with E-state index < -0.39 is 41.4 Å². The van der Waals surface area contributed by atoms with Gasteiger partial charge in [0.15, 0.2) is 0 Å². The van der Waals surface area contributed by atoms with Crippen LogP contribution in [0.5, 0.6) is 0 Å². The Morgan fingerprint density at radius 2 is 2.05 bits per heavy atom. The van der Waals surface area contributed by atoms with Gasteiger partial charge >= 0.3 is 11.7 Å². The van der Waals surface area contributed by atoms with Gasteiger partial charge in [-0.25, -0.2) is 0 Å². The molecule has 0 saturated carbocycles. The molecular formula is C11H12FN3O5. The number of hydrogen-bond acceptors (Lipinski definition) is 5. The second kappa shape index (κ2) is 6.57. The van der Waals surface area contributed by atoms with Gasteiger partial charge in [-0.2, -0.15) is 4.39 Å². The van der Waals surface area contributed by atoms with Crippen LogP contribution in [0.2, 0.25) is 0 Å². The van der Waals surface area contributed by atoms with E-state index in [4.69, 9.17) is 10.8 Å². The van der Waals surface area contributed by atoms with Crippen molar-refractivity contribution in [1.82, 2.24) is 4.90 Å². The quantitative estimate of drug-likeness (QED) is 0.540. The fourth-order valence-corrected chi connectivity index (χ4v) is 1.65.